The Morgan fingerprint density at radius 3 is 3.04 bits per heavy atom. The highest BCUT2D eigenvalue weighted by Crippen LogP contribution is 2.45. The fourth-order valence-electron chi connectivity index (χ4n) is 2.66. The van der Waals surface area contributed by atoms with E-state index in [0.717, 1.165) is 22.1 Å². The van der Waals surface area contributed by atoms with Crippen LogP contribution in [0.25, 0.3) is 11.6 Å². The predicted octanol–water partition coefficient (Wildman–Crippen LogP) is 4.33. The summed E-state index contributed by atoms with van der Waals surface area (Å²) >= 11 is 3.38. The summed E-state index contributed by atoms with van der Waals surface area (Å²) < 4.78 is 0. The Hall–Kier alpha value is -1.66. The molecule has 1 fully saturated rings. The number of amides is 1. The molecule has 1 saturated carbocycles. The van der Waals surface area contributed by atoms with E-state index in [0.29, 0.717) is 16.5 Å². The standard InChI is InChI=1S/C17H17N3OS2/c1-3-22-17-18-8-12-11(16(21)19-15(12)20-17)7-13-9(2)6-14(23-13)10-4-5-10/h6-8,10H,3-5H2,1-2H3,(H,18,19,20,21). The molecule has 4 nitrogen and oxygen atoms in total. The van der Waals surface area contributed by atoms with Crippen LogP contribution in [0.5, 0.6) is 0 Å². The van der Waals surface area contributed by atoms with Gasteiger partial charge in [-0.2, -0.15) is 0 Å². The Balaban J connectivity index is 1.71. The van der Waals surface area contributed by atoms with Crippen LogP contribution in [-0.4, -0.2) is 21.6 Å². The number of hydrogen-bond acceptors (Lipinski definition) is 5. The number of hydrogen-bond donors (Lipinski definition) is 1. The first kappa shape index (κ1) is 14.9. The monoisotopic (exact) mass is 343 g/mol. The summed E-state index contributed by atoms with van der Waals surface area (Å²) in [7, 11) is 0. The fourth-order valence-corrected chi connectivity index (χ4v) is 4.49. The van der Waals surface area contributed by atoms with Gasteiger partial charge in [0.1, 0.15) is 5.82 Å². The van der Waals surface area contributed by atoms with Gasteiger partial charge in [-0.25, -0.2) is 9.97 Å². The molecule has 0 saturated heterocycles. The van der Waals surface area contributed by atoms with Crippen molar-refractivity contribution in [3.05, 3.63) is 33.1 Å². The largest absolute Gasteiger partial charge is 0.306 e. The van der Waals surface area contributed by atoms with E-state index in [1.54, 1.807) is 29.3 Å². The number of nitrogens with one attached hydrogen (secondary N) is 1. The second kappa shape index (κ2) is 5.76. The minimum Gasteiger partial charge on any atom is -0.306 e. The number of aromatic nitrogens is 2. The molecule has 0 unspecified atom stereocenters. The zero-order valence-electron chi connectivity index (χ0n) is 13.0. The Kier molecular flexibility index (Phi) is 3.73. The van der Waals surface area contributed by atoms with E-state index in [2.05, 4.69) is 35.2 Å². The summed E-state index contributed by atoms with van der Waals surface area (Å²) in [6.07, 6.45) is 6.34. The van der Waals surface area contributed by atoms with Gasteiger partial charge in [0.05, 0.1) is 5.57 Å². The van der Waals surface area contributed by atoms with Gasteiger partial charge in [0.15, 0.2) is 5.16 Å². The van der Waals surface area contributed by atoms with E-state index in [4.69, 9.17) is 0 Å². The third kappa shape index (κ3) is 2.81. The van der Waals surface area contributed by atoms with Gasteiger partial charge < -0.3 is 5.32 Å². The number of nitrogens with zero attached hydrogens (tertiary/aromatic N) is 2. The third-order valence-corrected chi connectivity index (χ3v) is 6.13. The molecule has 2 aliphatic rings. The number of anilines is 1. The number of rotatable bonds is 4. The Labute approximate surface area is 143 Å². The van der Waals surface area contributed by atoms with Gasteiger partial charge in [-0.15, -0.1) is 11.3 Å². The van der Waals surface area contributed by atoms with Gasteiger partial charge in [0.25, 0.3) is 5.91 Å². The highest BCUT2D eigenvalue weighted by atomic mass is 32.2. The predicted molar refractivity (Wildman–Crippen MR) is 96.0 cm³/mol. The molecule has 118 valence electrons. The van der Waals surface area contributed by atoms with Crippen LogP contribution in [0.1, 0.15) is 46.6 Å². The molecule has 23 heavy (non-hydrogen) atoms. The van der Waals surface area contributed by atoms with E-state index >= 15 is 0 Å². The van der Waals surface area contributed by atoms with E-state index in [1.165, 1.54) is 23.3 Å². The van der Waals surface area contributed by atoms with Crippen molar-refractivity contribution in [1.29, 1.82) is 0 Å². The quantitative estimate of drug-likeness (QED) is 0.510. The van der Waals surface area contributed by atoms with E-state index < -0.39 is 0 Å². The lowest BCUT2D eigenvalue weighted by Crippen LogP contribution is -2.04. The van der Waals surface area contributed by atoms with Gasteiger partial charge in [-0.3, -0.25) is 4.79 Å². The van der Waals surface area contributed by atoms with Crippen LogP contribution in [0.15, 0.2) is 17.4 Å². The molecular formula is C17H17N3OS2. The third-order valence-electron chi connectivity index (χ3n) is 4.04. The maximum atomic E-state index is 12.3. The molecule has 1 N–H and O–H groups in total. The lowest BCUT2D eigenvalue weighted by Gasteiger charge is -2.00. The lowest BCUT2D eigenvalue weighted by atomic mass is 10.1. The Morgan fingerprint density at radius 2 is 2.30 bits per heavy atom. The molecular weight excluding hydrogens is 326 g/mol. The first-order chi connectivity index (χ1) is 11.2. The second-order valence-corrected chi connectivity index (χ2v) is 8.18. The summed E-state index contributed by atoms with van der Waals surface area (Å²) in [5.74, 6) is 2.19. The molecule has 0 atom stereocenters. The van der Waals surface area contributed by atoms with E-state index in [9.17, 15) is 4.79 Å². The first-order valence-corrected chi connectivity index (χ1v) is 9.59. The van der Waals surface area contributed by atoms with Crippen molar-refractivity contribution in [2.24, 2.45) is 0 Å². The zero-order valence-corrected chi connectivity index (χ0v) is 14.7. The lowest BCUT2D eigenvalue weighted by molar-refractivity contribution is -0.110. The van der Waals surface area contributed by atoms with E-state index in [-0.39, 0.29) is 5.91 Å². The number of thiophene rings is 1. The molecule has 0 spiro atoms. The van der Waals surface area contributed by atoms with Crippen LogP contribution in [0.2, 0.25) is 0 Å². The zero-order chi connectivity index (χ0) is 16.0. The maximum absolute atomic E-state index is 12.3. The summed E-state index contributed by atoms with van der Waals surface area (Å²) in [5.41, 5.74) is 2.71. The highest BCUT2D eigenvalue weighted by Gasteiger charge is 2.28. The number of aryl methyl sites for hydroxylation is 1. The van der Waals surface area contributed by atoms with Gasteiger partial charge in [0, 0.05) is 21.5 Å². The summed E-state index contributed by atoms with van der Waals surface area (Å²) in [6.45, 7) is 4.17. The van der Waals surface area contributed by atoms with Gasteiger partial charge >= 0.3 is 0 Å². The molecule has 2 aromatic heterocycles. The molecule has 4 rings (SSSR count). The summed E-state index contributed by atoms with van der Waals surface area (Å²) in [6, 6.07) is 2.26. The average molecular weight is 343 g/mol. The second-order valence-electron chi connectivity index (χ2n) is 5.83. The minimum absolute atomic E-state index is 0.0891. The van der Waals surface area contributed by atoms with Crippen molar-refractivity contribution in [2.45, 2.75) is 37.8 Å². The normalized spacial score (nSPS) is 18.3. The fraction of sp³-hybridized carbons (Fsp3) is 0.353. The average Bonchev–Trinajstić information content (AvgIpc) is 3.24. The molecule has 6 heteroatoms. The topological polar surface area (TPSA) is 54.9 Å². The van der Waals surface area contributed by atoms with Crippen LogP contribution in [0.4, 0.5) is 5.82 Å². The SMILES string of the molecule is CCSc1ncc2c(n1)NC(=O)C2=Cc1sc(C2CC2)cc1C. The van der Waals surface area contributed by atoms with Crippen LogP contribution in [0, 0.1) is 6.92 Å². The van der Waals surface area contributed by atoms with Crippen molar-refractivity contribution < 1.29 is 4.79 Å². The minimum atomic E-state index is -0.0891. The molecule has 2 aromatic rings. The van der Waals surface area contributed by atoms with Crippen molar-refractivity contribution >= 4 is 46.5 Å². The van der Waals surface area contributed by atoms with Crippen molar-refractivity contribution in [3.8, 4) is 0 Å². The van der Waals surface area contributed by atoms with Crippen molar-refractivity contribution in [3.63, 3.8) is 0 Å². The van der Waals surface area contributed by atoms with Gasteiger partial charge in [-0.05, 0) is 49.1 Å². The smallest absolute Gasteiger partial charge is 0.257 e. The molecule has 1 aliphatic carbocycles. The number of thioether (sulfide) groups is 1. The van der Waals surface area contributed by atoms with Gasteiger partial charge in [-0.1, -0.05) is 18.7 Å². The number of fused-ring (bicyclic) bond motifs is 1. The molecule has 0 bridgehead atoms. The summed E-state index contributed by atoms with van der Waals surface area (Å²) in [4.78, 5) is 23.7. The molecule has 0 aromatic carbocycles. The Bertz CT molecular complexity index is 821. The number of carbonyl (C=O) groups excluding carboxylic acids is 1. The van der Waals surface area contributed by atoms with E-state index in [1.807, 2.05) is 6.08 Å². The molecule has 1 amide bonds. The van der Waals surface area contributed by atoms with Crippen LogP contribution >= 0.6 is 23.1 Å². The van der Waals surface area contributed by atoms with Crippen LogP contribution in [0.3, 0.4) is 0 Å². The molecule has 1 aliphatic heterocycles. The highest BCUT2D eigenvalue weighted by molar-refractivity contribution is 7.99. The van der Waals surface area contributed by atoms with Crippen LogP contribution < -0.4 is 5.32 Å². The molecule has 3 heterocycles. The molecule has 0 radical (unpaired) electrons. The first-order valence-electron chi connectivity index (χ1n) is 7.79. The number of carbonyl (C=O) groups is 1. The van der Waals surface area contributed by atoms with Crippen LogP contribution in [-0.2, 0) is 4.79 Å². The Morgan fingerprint density at radius 1 is 1.48 bits per heavy atom. The van der Waals surface area contributed by atoms with Crippen molar-refractivity contribution in [2.75, 3.05) is 11.1 Å². The maximum Gasteiger partial charge on any atom is 0.257 e. The van der Waals surface area contributed by atoms with Crippen molar-refractivity contribution in [1.82, 2.24) is 9.97 Å². The van der Waals surface area contributed by atoms with Gasteiger partial charge in [0.2, 0.25) is 0 Å². The summed E-state index contributed by atoms with van der Waals surface area (Å²) in [5, 5.41) is 3.57.